The van der Waals surface area contributed by atoms with Crippen molar-refractivity contribution in [3.8, 4) is 5.75 Å². The van der Waals surface area contributed by atoms with E-state index in [1.807, 2.05) is 19.1 Å². The molecule has 0 aliphatic rings. The number of anilines is 1. The minimum atomic E-state index is -0.243. The lowest BCUT2D eigenvalue weighted by Crippen LogP contribution is -2.13. The number of rotatable bonds is 8. The second-order valence-electron chi connectivity index (χ2n) is 5.95. The first kappa shape index (κ1) is 19.4. The molecule has 0 saturated heterocycles. The average molecular weight is 400 g/mol. The number of amides is 1. The van der Waals surface area contributed by atoms with Gasteiger partial charge in [0.15, 0.2) is 4.34 Å². The molecule has 0 fully saturated rings. The van der Waals surface area contributed by atoms with Gasteiger partial charge >= 0.3 is 0 Å². The summed E-state index contributed by atoms with van der Waals surface area (Å²) < 4.78 is 6.47. The highest BCUT2D eigenvalue weighted by atomic mass is 32.2. The summed E-state index contributed by atoms with van der Waals surface area (Å²) >= 11 is 2.98. The van der Waals surface area contributed by atoms with E-state index >= 15 is 0 Å². The molecule has 7 heteroatoms. The fourth-order valence-corrected chi connectivity index (χ4v) is 4.01. The third kappa shape index (κ3) is 5.55. The van der Waals surface area contributed by atoms with Crippen molar-refractivity contribution < 1.29 is 9.53 Å². The summed E-state index contributed by atoms with van der Waals surface area (Å²) in [6, 6.07) is 15.6. The van der Waals surface area contributed by atoms with E-state index in [0.717, 1.165) is 16.5 Å². The highest BCUT2D eigenvalue weighted by Gasteiger charge is 2.15. The van der Waals surface area contributed by atoms with Crippen LogP contribution >= 0.6 is 23.1 Å². The maximum Gasteiger partial charge on any atom is 0.261 e. The predicted molar refractivity (Wildman–Crippen MR) is 111 cm³/mol. The van der Waals surface area contributed by atoms with E-state index in [2.05, 4.69) is 46.7 Å². The number of hydrogen-bond donors (Lipinski definition) is 1. The summed E-state index contributed by atoms with van der Waals surface area (Å²) in [5.74, 6) is 1.15. The Morgan fingerprint density at radius 1 is 1.15 bits per heavy atom. The van der Waals surface area contributed by atoms with Crippen LogP contribution in [-0.2, 0) is 5.75 Å². The molecular formula is C20H21N3O2S2. The highest BCUT2D eigenvalue weighted by molar-refractivity contribution is 8.00. The molecule has 1 heterocycles. The maximum absolute atomic E-state index is 12.6. The third-order valence-corrected chi connectivity index (χ3v) is 5.75. The van der Waals surface area contributed by atoms with Gasteiger partial charge in [0.05, 0.1) is 12.2 Å². The molecule has 1 N–H and O–H groups in total. The standard InChI is InChI=1S/C20H21N3O2S2/c1-3-12-25-17-7-5-4-6-16(17)18(24)21-19-22-23-20(27-19)26-13-15-10-8-14(2)9-11-15/h4-11H,3,12-13H2,1-2H3,(H,21,22,24). The Balaban J connectivity index is 1.60. The Bertz CT molecular complexity index is 894. The van der Waals surface area contributed by atoms with E-state index in [-0.39, 0.29) is 5.91 Å². The molecule has 3 rings (SSSR count). The Kier molecular flexibility index (Phi) is 6.84. The van der Waals surface area contributed by atoms with E-state index in [1.54, 1.807) is 23.9 Å². The third-order valence-electron chi connectivity index (χ3n) is 3.70. The number of carbonyl (C=O) groups is 1. The number of nitrogens with zero attached hydrogens (tertiary/aromatic N) is 2. The number of aromatic nitrogens is 2. The minimum absolute atomic E-state index is 0.243. The summed E-state index contributed by atoms with van der Waals surface area (Å²) in [6.45, 7) is 4.67. The number of thioether (sulfide) groups is 1. The average Bonchev–Trinajstić information content (AvgIpc) is 3.13. The van der Waals surface area contributed by atoms with Gasteiger partial charge in [-0.25, -0.2) is 0 Å². The number of benzene rings is 2. The second-order valence-corrected chi connectivity index (χ2v) is 8.15. The van der Waals surface area contributed by atoms with Crippen LogP contribution in [0.3, 0.4) is 0 Å². The summed E-state index contributed by atoms with van der Waals surface area (Å²) in [5.41, 5.74) is 2.97. The number of ether oxygens (including phenoxy) is 1. The zero-order chi connectivity index (χ0) is 19.1. The Hall–Kier alpha value is -2.38. The summed E-state index contributed by atoms with van der Waals surface area (Å²) in [7, 11) is 0. The van der Waals surface area contributed by atoms with Gasteiger partial charge < -0.3 is 4.74 Å². The van der Waals surface area contributed by atoms with Crippen molar-refractivity contribution in [1.29, 1.82) is 0 Å². The zero-order valence-electron chi connectivity index (χ0n) is 15.3. The fourth-order valence-electron chi connectivity index (χ4n) is 2.30. The Morgan fingerprint density at radius 3 is 2.70 bits per heavy atom. The van der Waals surface area contributed by atoms with Gasteiger partial charge in [-0.1, -0.05) is 72.0 Å². The number of nitrogens with one attached hydrogen (secondary N) is 1. The van der Waals surface area contributed by atoms with E-state index in [1.165, 1.54) is 22.5 Å². The van der Waals surface area contributed by atoms with Crippen molar-refractivity contribution in [2.45, 2.75) is 30.4 Å². The lowest BCUT2D eigenvalue weighted by molar-refractivity contribution is 0.102. The predicted octanol–water partition coefficient (Wildman–Crippen LogP) is 5.18. The van der Waals surface area contributed by atoms with Gasteiger partial charge in [0.1, 0.15) is 5.75 Å². The number of para-hydroxylation sites is 1. The van der Waals surface area contributed by atoms with Crippen LogP contribution in [0.4, 0.5) is 5.13 Å². The molecule has 0 bridgehead atoms. The molecule has 0 saturated carbocycles. The number of hydrogen-bond acceptors (Lipinski definition) is 6. The van der Waals surface area contributed by atoms with Gasteiger partial charge in [-0.2, -0.15) is 0 Å². The van der Waals surface area contributed by atoms with Crippen LogP contribution in [0.5, 0.6) is 5.75 Å². The lowest BCUT2D eigenvalue weighted by atomic mass is 10.2. The molecule has 1 amide bonds. The first-order chi connectivity index (χ1) is 13.2. The van der Waals surface area contributed by atoms with Crippen molar-refractivity contribution in [3.05, 3.63) is 65.2 Å². The molecule has 27 heavy (non-hydrogen) atoms. The smallest absolute Gasteiger partial charge is 0.261 e. The van der Waals surface area contributed by atoms with Crippen molar-refractivity contribution >= 4 is 34.1 Å². The molecular weight excluding hydrogens is 378 g/mol. The summed E-state index contributed by atoms with van der Waals surface area (Å²) in [5, 5.41) is 11.5. The van der Waals surface area contributed by atoms with Gasteiger partial charge in [0.2, 0.25) is 5.13 Å². The fraction of sp³-hybridized carbons (Fsp3) is 0.250. The van der Waals surface area contributed by atoms with Crippen LogP contribution < -0.4 is 10.1 Å². The molecule has 140 valence electrons. The molecule has 0 aliphatic heterocycles. The van der Waals surface area contributed by atoms with Gasteiger partial charge in [0, 0.05) is 5.75 Å². The monoisotopic (exact) mass is 399 g/mol. The minimum Gasteiger partial charge on any atom is -0.493 e. The van der Waals surface area contributed by atoms with Crippen molar-refractivity contribution in [1.82, 2.24) is 10.2 Å². The molecule has 0 aliphatic carbocycles. The van der Waals surface area contributed by atoms with Gasteiger partial charge in [0.25, 0.3) is 5.91 Å². The van der Waals surface area contributed by atoms with Crippen LogP contribution in [0.1, 0.15) is 34.8 Å². The molecule has 0 spiro atoms. The first-order valence-corrected chi connectivity index (χ1v) is 10.5. The first-order valence-electron chi connectivity index (χ1n) is 8.70. The molecule has 0 unspecified atom stereocenters. The molecule has 5 nitrogen and oxygen atoms in total. The van der Waals surface area contributed by atoms with Gasteiger partial charge in [-0.05, 0) is 31.0 Å². The number of carbonyl (C=O) groups excluding carboxylic acids is 1. The largest absolute Gasteiger partial charge is 0.493 e. The SMILES string of the molecule is CCCOc1ccccc1C(=O)Nc1nnc(SCc2ccc(C)cc2)s1. The van der Waals surface area contributed by atoms with Crippen LogP contribution in [-0.4, -0.2) is 22.7 Å². The lowest BCUT2D eigenvalue weighted by Gasteiger charge is -2.09. The quantitative estimate of drug-likeness (QED) is 0.418. The van der Waals surface area contributed by atoms with Crippen LogP contribution in [0.25, 0.3) is 0 Å². The van der Waals surface area contributed by atoms with Gasteiger partial charge in [-0.15, -0.1) is 10.2 Å². The molecule has 1 aromatic heterocycles. The normalized spacial score (nSPS) is 10.6. The summed E-state index contributed by atoms with van der Waals surface area (Å²) in [6.07, 6.45) is 0.883. The van der Waals surface area contributed by atoms with E-state index in [0.29, 0.717) is 23.1 Å². The second kappa shape index (κ2) is 9.53. The van der Waals surface area contributed by atoms with Crippen molar-refractivity contribution in [2.24, 2.45) is 0 Å². The molecule has 0 atom stereocenters. The molecule has 2 aromatic carbocycles. The number of aryl methyl sites for hydroxylation is 1. The van der Waals surface area contributed by atoms with Crippen molar-refractivity contribution in [2.75, 3.05) is 11.9 Å². The van der Waals surface area contributed by atoms with E-state index in [4.69, 9.17) is 4.74 Å². The maximum atomic E-state index is 12.6. The topological polar surface area (TPSA) is 64.1 Å². The van der Waals surface area contributed by atoms with Crippen LogP contribution in [0, 0.1) is 6.92 Å². The highest BCUT2D eigenvalue weighted by Crippen LogP contribution is 2.29. The Morgan fingerprint density at radius 2 is 1.93 bits per heavy atom. The van der Waals surface area contributed by atoms with Gasteiger partial charge in [-0.3, -0.25) is 10.1 Å². The van der Waals surface area contributed by atoms with Crippen molar-refractivity contribution in [3.63, 3.8) is 0 Å². The zero-order valence-corrected chi connectivity index (χ0v) is 16.9. The van der Waals surface area contributed by atoms with Crippen LogP contribution in [0.2, 0.25) is 0 Å². The Labute approximate surface area is 167 Å². The van der Waals surface area contributed by atoms with Crippen LogP contribution in [0.15, 0.2) is 52.9 Å². The summed E-state index contributed by atoms with van der Waals surface area (Å²) in [4.78, 5) is 12.6. The molecule has 3 aromatic rings. The van der Waals surface area contributed by atoms with E-state index in [9.17, 15) is 4.79 Å². The molecule has 0 radical (unpaired) electrons. The van der Waals surface area contributed by atoms with E-state index < -0.39 is 0 Å².